The van der Waals surface area contributed by atoms with Crippen LogP contribution in [0.2, 0.25) is 0 Å². The van der Waals surface area contributed by atoms with Crippen LogP contribution >= 0.6 is 11.3 Å². The van der Waals surface area contributed by atoms with Crippen LogP contribution in [0.1, 0.15) is 16.1 Å². The summed E-state index contributed by atoms with van der Waals surface area (Å²) >= 11 is 1.45. The van der Waals surface area contributed by atoms with Crippen LogP contribution in [0.4, 0.5) is 0 Å². The van der Waals surface area contributed by atoms with Crippen LogP contribution in [-0.4, -0.2) is 34.5 Å². The highest BCUT2D eigenvalue weighted by Crippen LogP contribution is 2.33. The lowest BCUT2D eigenvalue weighted by molar-refractivity contribution is 0.346. The second-order valence-corrected chi connectivity index (χ2v) is 7.64. The van der Waals surface area contributed by atoms with Crippen LogP contribution in [0.5, 0.6) is 5.75 Å². The lowest BCUT2D eigenvalue weighted by Gasteiger charge is -2.18. The van der Waals surface area contributed by atoms with Gasteiger partial charge in [0.1, 0.15) is 22.4 Å². The highest BCUT2D eigenvalue weighted by molar-refractivity contribution is 7.11. The zero-order valence-corrected chi connectivity index (χ0v) is 16.6. The largest absolute Gasteiger partial charge is 0.510 e. The van der Waals surface area contributed by atoms with Crippen LogP contribution in [0.15, 0.2) is 59.7 Å². The second kappa shape index (κ2) is 7.48. The molecule has 1 aromatic heterocycles. The van der Waals surface area contributed by atoms with Crippen molar-refractivity contribution >= 4 is 22.7 Å². The molecule has 3 aromatic rings. The smallest absolute Gasteiger partial charge is 0.135 e. The molecule has 0 saturated carbocycles. The average Bonchev–Trinajstić information content (AvgIpc) is 3.28. The Bertz CT molecular complexity index is 1040. The number of benzene rings is 2. The maximum atomic E-state index is 10.5. The van der Waals surface area contributed by atoms with E-state index in [4.69, 9.17) is 10.1 Å². The lowest BCUT2D eigenvalue weighted by Crippen LogP contribution is -2.26. The predicted octanol–water partition coefficient (Wildman–Crippen LogP) is 4.89. The second-order valence-electron chi connectivity index (χ2n) is 6.78. The number of hydrogen-bond donors (Lipinski definition) is 2. The first kappa shape index (κ1) is 18.3. The number of hydrogen-bond acceptors (Lipinski definition) is 5. The summed E-state index contributed by atoms with van der Waals surface area (Å²) in [5.41, 5.74) is 4.68. The van der Waals surface area contributed by atoms with Gasteiger partial charge in [-0.05, 0) is 24.6 Å². The molecule has 0 fully saturated rings. The number of aliphatic hydroxyl groups excluding tert-OH is 1. The van der Waals surface area contributed by atoms with E-state index < -0.39 is 0 Å². The van der Waals surface area contributed by atoms with E-state index in [2.05, 4.69) is 24.0 Å². The molecule has 0 radical (unpaired) electrons. The molecule has 0 amide bonds. The zero-order chi connectivity index (χ0) is 19.7. The summed E-state index contributed by atoms with van der Waals surface area (Å²) in [4.78, 5) is 6.52. The first-order valence-corrected chi connectivity index (χ1v) is 9.85. The van der Waals surface area contributed by atoms with Crippen molar-refractivity contribution < 1.29 is 9.84 Å². The number of aromatic nitrogens is 1. The number of ether oxygens (including phenoxy) is 1. The van der Waals surface area contributed by atoms with Gasteiger partial charge >= 0.3 is 0 Å². The number of nitrogens with one attached hydrogen (secondary N) is 1. The predicted molar refractivity (Wildman–Crippen MR) is 113 cm³/mol. The van der Waals surface area contributed by atoms with Gasteiger partial charge < -0.3 is 14.7 Å². The van der Waals surface area contributed by atoms with Crippen LogP contribution in [0.3, 0.4) is 0 Å². The SMILES string of the molecule is COc1ccc(CN2CC(O)=C(c3nc(-c4ccc(C)cc4)cs3)C2=N)cc1. The van der Waals surface area contributed by atoms with Crippen LogP contribution in [-0.2, 0) is 6.54 Å². The molecular weight excluding hydrogens is 370 g/mol. The molecular formula is C22H21N3O2S. The quantitative estimate of drug-likeness (QED) is 0.650. The molecule has 1 aliphatic heterocycles. The zero-order valence-electron chi connectivity index (χ0n) is 15.8. The Morgan fingerprint density at radius 1 is 1.14 bits per heavy atom. The van der Waals surface area contributed by atoms with Crippen molar-refractivity contribution in [3.05, 3.63) is 75.8 Å². The van der Waals surface area contributed by atoms with E-state index in [1.54, 1.807) is 7.11 Å². The van der Waals surface area contributed by atoms with Gasteiger partial charge in [0.25, 0.3) is 0 Å². The van der Waals surface area contributed by atoms with E-state index in [-0.39, 0.29) is 5.76 Å². The Morgan fingerprint density at radius 2 is 1.86 bits per heavy atom. The fourth-order valence-corrected chi connectivity index (χ4v) is 4.09. The molecule has 6 heteroatoms. The van der Waals surface area contributed by atoms with Gasteiger partial charge in [-0.2, -0.15) is 0 Å². The van der Waals surface area contributed by atoms with Gasteiger partial charge in [-0.3, -0.25) is 5.41 Å². The summed E-state index contributed by atoms with van der Waals surface area (Å²) < 4.78 is 5.19. The average molecular weight is 391 g/mol. The molecule has 5 nitrogen and oxygen atoms in total. The van der Waals surface area contributed by atoms with Crippen molar-refractivity contribution in [1.29, 1.82) is 5.41 Å². The van der Waals surface area contributed by atoms with Crippen LogP contribution < -0.4 is 4.74 Å². The summed E-state index contributed by atoms with van der Waals surface area (Å²) in [6.45, 7) is 2.92. The Labute approximate surface area is 168 Å². The van der Waals surface area contributed by atoms with E-state index in [0.29, 0.717) is 29.5 Å². The molecule has 2 aromatic carbocycles. The molecule has 4 rings (SSSR count). The summed E-state index contributed by atoms with van der Waals surface area (Å²) in [6.07, 6.45) is 0. The van der Waals surface area contributed by atoms with Crippen molar-refractivity contribution in [1.82, 2.24) is 9.88 Å². The van der Waals surface area contributed by atoms with E-state index in [1.807, 2.05) is 46.7 Å². The van der Waals surface area contributed by atoms with Crippen molar-refractivity contribution in [3.63, 3.8) is 0 Å². The van der Waals surface area contributed by atoms with E-state index in [1.165, 1.54) is 16.9 Å². The molecule has 0 unspecified atom stereocenters. The number of thiazole rings is 1. The van der Waals surface area contributed by atoms with E-state index >= 15 is 0 Å². The molecule has 2 N–H and O–H groups in total. The first-order valence-electron chi connectivity index (χ1n) is 8.97. The Balaban J connectivity index is 1.53. The standard InChI is InChI=1S/C22H21N3O2S/c1-14-3-7-16(8-4-14)18-13-28-22(24-18)20-19(26)12-25(21(20)23)11-15-5-9-17(27-2)10-6-15/h3-10,13,23,26H,11-12H2,1-2H3. The van der Waals surface area contributed by atoms with Crippen LogP contribution in [0, 0.1) is 12.3 Å². The number of aryl methyl sites for hydroxylation is 1. The highest BCUT2D eigenvalue weighted by Gasteiger charge is 2.30. The molecule has 28 heavy (non-hydrogen) atoms. The van der Waals surface area contributed by atoms with Gasteiger partial charge in [0.2, 0.25) is 0 Å². The van der Waals surface area contributed by atoms with Crippen molar-refractivity contribution in [3.8, 4) is 17.0 Å². The Morgan fingerprint density at radius 3 is 2.54 bits per heavy atom. The van der Waals surface area contributed by atoms with Crippen molar-refractivity contribution in [2.24, 2.45) is 0 Å². The van der Waals surface area contributed by atoms with Crippen molar-refractivity contribution in [2.45, 2.75) is 13.5 Å². The molecule has 142 valence electrons. The third-order valence-corrected chi connectivity index (χ3v) is 5.64. The normalized spacial score (nSPS) is 14.1. The Hall–Kier alpha value is -3.12. The van der Waals surface area contributed by atoms with Gasteiger partial charge in [0, 0.05) is 17.5 Å². The summed E-state index contributed by atoms with van der Waals surface area (Å²) in [7, 11) is 1.64. The minimum atomic E-state index is 0.198. The monoisotopic (exact) mass is 391 g/mol. The molecule has 0 saturated heterocycles. The molecule has 0 bridgehead atoms. The van der Waals surface area contributed by atoms with Gasteiger partial charge in [0.05, 0.1) is 24.9 Å². The first-order chi connectivity index (χ1) is 13.5. The number of nitrogens with zero attached hydrogens (tertiary/aromatic N) is 2. The number of aliphatic hydroxyl groups is 1. The number of methoxy groups -OCH3 is 1. The minimum absolute atomic E-state index is 0.198. The fourth-order valence-electron chi connectivity index (χ4n) is 3.19. The maximum absolute atomic E-state index is 10.5. The summed E-state index contributed by atoms with van der Waals surface area (Å²) in [5, 5.41) is 21.7. The van der Waals surface area contributed by atoms with E-state index in [9.17, 15) is 5.11 Å². The van der Waals surface area contributed by atoms with E-state index in [0.717, 1.165) is 22.6 Å². The number of rotatable bonds is 5. The molecule has 1 aliphatic rings. The lowest BCUT2D eigenvalue weighted by atomic mass is 10.1. The van der Waals surface area contributed by atoms with Gasteiger partial charge in [0.15, 0.2) is 0 Å². The molecule has 2 heterocycles. The van der Waals surface area contributed by atoms with Gasteiger partial charge in [-0.25, -0.2) is 4.98 Å². The Kier molecular flexibility index (Phi) is 4.88. The third kappa shape index (κ3) is 3.51. The van der Waals surface area contributed by atoms with Gasteiger partial charge in [-0.1, -0.05) is 42.0 Å². The fraction of sp³-hybridized carbons (Fsp3) is 0.182. The van der Waals surface area contributed by atoms with Crippen LogP contribution in [0.25, 0.3) is 16.8 Å². The highest BCUT2D eigenvalue weighted by atomic mass is 32.1. The summed E-state index contributed by atoms with van der Waals surface area (Å²) in [6, 6.07) is 15.9. The molecule has 0 atom stereocenters. The van der Waals surface area contributed by atoms with Crippen molar-refractivity contribution in [2.75, 3.05) is 13.7 Å². The molecule has 0 spiro atoms. The number of amidine groups is 1. The third-order valence-electron chi connectivity index (χ3n) is 4.78. The minimum Gasteiger partial charge on any atom is -0.510 e. The molecule has 0 aliphatic carbocycles. The summed E-state index contributed by atoms with van der Waals surface area (Å²) in [5.74, 6) is 1.30. The van der Waals surface area contributed by atoms with Gasteiger partial charge in [-0.15, -0.1) is 11.3 Å². The maximum Gasteiger partial charge on any atom is 0.135 e. The topological polar surface area (TPSA) is 69.4 Å².